The highest BCUT2D eigenvalue weighted by Gasteiger charge is 2.53. The number of rotatable bonds is 4. The molecular weight excluding hydrogens is 232 g/mol. The summed E-state index contributed by atoms with van der Waals surface area (Å²) in [6.45, 7) is 4.08. The Hall–Kier alpha value is -1.32. The van der Waals surface area contributed by atoms with Crippen LogP contribution in [0, 0.1) is 23.7 Å². The lowest BCUT2D eigenvalue weighted by Gasteiger charge is -2.47. The van der Waals surface area contributed by atoms with Crippen molar-refractivity contribution in [2.45, 2.75) is 39.5 Å². The largest absolute Gasteiger partial charge is 0.481 e. The van der Waals surface area contributed by atoms with Crippen molar-refractivity contribution in [2.24, 2.45) is 23.7 Å². The van der Waals surface area contributed by atoms with E-state index in [1.807, 2.05) is 13.8 Å². The highest BCUT2D eigenvalue weighted by Crippen LogP contribution is 2.53. The normalized spacial score (nSPS) is 34.8. The predicted octanol–water partition coefficient (Wildman–Crippen LogP) is 2.54. The Morgan fingerprint density at radius 2 is 1.28 bits per heavy atom. The molecule has 0 aromatic heterocycles. The molecule has 2 bridgehead atoms. The zero-order chi connectivity index (χ0) is 13.4. The Morgan fingerprint density at radius 3 is 1.50 bits per heavy atom. The van der Waals surface area contributed by atoms with Gasteiger partial charge in [0, 0.05) is 0 Å². The highest BCUT2D eigenvalue weighted by atomic mass is 16.4. The lowest BCUT2D eigenvalue weighted by atomic mass is 9.55. The number of hydrogen-bond acceptors (Lipinski definition) is 2. The monoisotopic (exact) mass is 252 g/mol. The van der Waals surface area contributed by atoms with Crippen LogP contribution < -0.4 is 0 Å². The van der Waals surface area contributed by atoms with Crippen LogP contribution in [0.5, 0.6) is 0 Å². The molecule has 3 rings (SSSR count). The number of hydrogen-bond donors (Lipinski definition) is 2. The minimum Gasteiger partial charge on any atom is -0.481 e. The van der Waals surface area contributed by atoms with E-state index in [0.717, 1.165) is 25.7 Å². The molecule has 0 amide bonds. The fourth-order valence-corrected chi connectivity index (χ4v) is 4.11. The van der Waals surface area contributed by atoms with Crippen molar-refractivity contribution in [2.75, 3.05) is 0 Å². The van der Waals surface area contributed by atoms with Gasteiger partial charge in [-0.15, -0.1) is 0 Å². The quantitative estimate of drug-likeness (QED) is 0.754. The number of carbonyl (C=O) groups is 2. The molecule has 0 spiro atoms. The summed E-state index contributed by atoms with van der Waals surface area (Å²) in [4.78, 5) is 22.9. The van der Waals surface area contributed by atoms with E-state index in [-0.39, 0.29) is 11.8 Å². The van der Waals surface area contributed by atoms with Gasteiger partial charge in [-0.1, -0.05) is 25.0 Å². The SMILES string of the molecule is CCC1=C(CC)C2CCC1C(C(=O)O)C2C(=O)O. The highest BCUT2D eigenvalue weighted by molar-refractivity contribution is 5.82. The smallest absolute Gasteiger partial charge is 0.308 e. The maximum atomic E-state index is 11.4. The summed E-state index contributed by atoms with van der Waals surface area (Å²) < 4.78 is 0. The van der Waals surface area contributed by atoms with Crippen molar-refractivity contribution >= 4 is 11.9 Å². The molecule has 0 saturated heterocycles. The zero-order valence-electron chi connectivity index (χ0n) is 10.8. The van der Waals surface area contributed by atoms with Gasteiger partial charge >= 0.3 is 11.9 Å². The molecule has 1 fully saturated rings. The minimum absolute atomic E-state index is 0.0615. The molecule has 0 aromatic rings. The van der Waals surface area contributed by atoms with Crippen LogP contribution in [0.25, 0.3) is 0 Å². The Labute approximate surface area is 107 Å². The van der Waals surface area contributed by atoms with Gasteiger partial charge in [0.2, 0.25) is 0 Å². The summed E-state index contributed by atoms with van der Waals surface area (Å²) in [5.74, 6) is -3.48. The molecule has 0 heterocycles. The van der Waals surface area contributed by atoms with E-state index in [1.165, 1.54) is 11.1 Å². The fraction of sp³-hybridized carbons (Fsp3) is 0.714. The van der Waals surface area contributed by atoms with Gasteiger partial charge in [0.25, 0.3) is 0 Å². The first-order chi connectivity index (χ1) is 8.52. The van der Waals surface area contributed by atoms with E-state index < -0.39 is 23.8 Å². The number of fused-ring (bicyclic) bond motifs is 2. The van der Waals surface area contributed by atoms with Crippen molar-refractivity contribution in [3.8, 4) is 0 Å². The van der Waals surface area contributed by atoms with E-state index in [2.05, 4.69) is 0 Å². The molecule has 1 saturated carbocycles. The third kappa shape index (κ3) is 1.74. The van der Waals surface area contributed by atoms with Crippen molar-refractivity contribution in [1.29, 1.82) is 0 Å². The van der Waals surface area contributed by atoms with Crippen molar-refractivity contribution < 1.29 is 19.8 Å². The standard InChI is InChI=1S/C14H20O4/c1-3-7-8(4-2)10-6-5-9(7)11(13(15)16)12(10)14(17)18/h9-12H,3-6H2,1-2H3,(H,15,16)(H,17,18). The van der Waals surface area contributed by atoms with Gasteiger partial charge in [-0.2, -0.15) is 0 Å². The van der Waals surface area contributed by atoms with Crippen LogP contribution in [0.4, 0.5) is 0 Å². The molecule has 4 atom stereocenters. The van der Waals surface area contributed by atoms with Gasteiger partial charge in [-0.25, -0.2) is 0 Å². The Kier molecular flexibility index (Phi) is 3.46. The van der Waals surface area contributed by atoms with Crippen molar-refractivity contribution in [3.05, 3.63) is 11.1 Å². The van der Waals surface area contributed by atoms with Gasteiger partial charge in [0.15, 0.2) is 0 Å². The lowest BCUT2D eigenvalue weighted by molar-refractivity contribution is -0.161. The van der Waals surface area contributed by atoms with Gasteiger partial charge in [-0.3, -0.25) is 9.59 Å². The van der Waals surface area contributed by atoms with Gasteiger partial charge < -0.3 is 10.2 Å². The summed E-state index contributed by atoms with van der Waals surface area (Å²) in [7, 11) is 0. The second-order valence-corrected chi connectivity index (χ2v) is 5.28. The summed E-state index contributed by atoms with van der Waals surface area (Å²) in [6.07, 6.45) is 3.36. The van der Waals surface area contributed by atoms with E-state index >= 15 is 0 Å². The maximum Gasteiger partial charge on any atom is 0.308 e. The van der Waals surface area contributed by atoms with E-state index in [9.17, 15) is 19.8 Å². The Balaban J connectivity index is 2.51. The molecule has 18 heavy (non-hydrogen) atoms. The summed E-state index contributed by atoms with van der Waals surface area (Å²) in [6, 6.07) is 0. The van der Waals surface area contributed by atoms with Crippen LogP contribution in [0.1, 0.15) is 39.5 Å². The summed E-state index contributed by atoms with van der Waals surface area (Å²) >= 11 is 0. The first kappa shape index (κ1) is 13.1. The van der Waals surface area contributed by atoms with E-state index in [0.29, 0.717) is 0 Å². The second kappa shape index (κ2) is 4.75. The molecule has 3 aliphatic rings. The number of aliphatic carboxylic acids is 2. The van der Waals surface area contributed by atoms with E-state index in [4.69, 9.17) is 0 Å². The maximum absolute atomic E-state index is 11.4. The van der Waals surface area contributed by atoms with Crippen LogP contribution in [-0.2, 0) is 9.59 Å². The molecule has 0 aromatic carbocycles. The fourth-order valence-electron chi connectivity index (χ4n) is 4.11. The Bertz CT molecular complexity index is 372. The molecule has 3 aliphatic carbocycles. The topological polar surface area (TPSA) is 74.6 Å². The predicted molar refractivity (Wildman–Crippen MR) is 66.1 cm³/mol. The average Bonchev–Trinajstić information content (AvgIpc) is 2.36. The van der Waals surface area contributed by atoms with Crippen LogP contribution in [0.3, 0.4) is 0 Å². The summed E-state index contributed by atoms with van der Waals surface area (Å²) in [5, 5.41) is 18.7. The average molecular weight is 252 g/mol. The first-order valence-electron chi connectivity index (χ1n) is 6.70. The lowest BCUT2D eigenvalue weighted by Crippen LogP contribution is -2.48. The third-order valence-electron chi connectivity index (χ3n) is 4.68. The van der Waals surface area contributed by atoms with Gasteiger partial charge in [0.1, 0.15) is 0 Å². The molecule has 0 aliphatic heterocycles. The number of allylic oxidation sites excluding steroid dienone is 2. The molecular formula is C14H20O4. The Morgan fingerprint density at radius 1 is 0.944 bits per heavy atom. The minimum atomic E-state index is -0.946. The third-order valence-corrected chi connectivity index (χ3v) is 4.68. The van der Waals surface area contributed by atoms with E-state index in [1.54, 1.807) is 0 Å². The molecule has 2 N–H and O–H groups in total. The molecule has 0 radical (unpaired) electrons. The molecule has 4 nitrogen and oxygen atoms in total. The second-order valence-electron chi connectivity index (χ2n) is 5.28. The number of carboxylic acid groups (broad SMARTS) is 2. The first-order valence-corrected chi connectivity index (χ1v) is 6.70. The van der Waals surface area contributed by atoms with Crippen molar-refractivity contribution in [3.63, 3.8) is 0 Å². The zero-order valence-corrected chi connectivity index (χ0v) is 10.8. The molecule has 100 valence electrons. The van der Waals surface area contributed by atoms with Gasteiger partial charge in [0.05, 0.1) is 11.8 Å². The van der Waals surface area contributed by atoms with Gasteiger partial charge in [-0.05, 0) is 37.5 Å². The molecule has 4 unspecified atom stereocenters. The number of carboxylic acids is 2. The molecule has 4 heteroatoms. The van der Waals surface area contributed by atoms with Crippen LogP contribution >= 0.6 is 0 Å². The van der Waals surface area contributed by atoms with Crippen LogP contribution in [-0.4, -0.2) is 22.2 Å². The van der Waals surface area contributed by atoms with Crippen LogP contribution in [0.2, 0.25) is 0 Å². The summed E-state index contributed by atoms with van der Waals surface area (Å²) in [5.41, 5.74) is 2.44. The van der Waals surface area contributed by atoms with Crippen molar-refractivity contribution in [1.82, 2.24) is 0 Å². The van der Waals surface area contributed by atoms with Crippen LogP contribution in [0.15, 0.2) is 11.1 Å².